The van der Waals surface area contributed by atoms with E-state index in [1.54, 1.807) is 0 Å². The molecule has 0 bridgehead atoms. The molecule has 0 unspecified atom stereocenters. The number of alkyl halides is 6. The number of carbonyl (C=O) groups is 1. The van der Waals surface area contributed by atoms with E-state index in [2.05, 4.69) is 10.1 Å². The van der Waals surface area contributed by atoms with Gasteiger partial charge in [0.05, 0.1) is 12.1 Å². The molecule has 1 heterocycles. The van der Waals surface area contributed by atoms with Gasteiger partial charge in [-0.15, -0.1) is 13.2 Å². The Bertz CT molecular complexity index is 1270. The molecule has 1 atom stereocenters. The van der Waals surface area contributed by atoms with E-state index in [9.17, 15) is 31.1 Å². The molecule has 3 aromatic carbocycles. The molecular weight excluding hydrogens is 486 g/mol. The Labute approximate surface area is 202 Å². The number of rotatable bonds is 6. The third kappa shape index (κ3) is 5.64. The van der Waals surface area contributed by atoms with Crippen molar-refractivity contribution in [3.63, 3.8) is 0 Å². The lowest BCUT2D eigenvalue weighted by atomic mass is 10.0. The van der Waals surface area contributed by atoms with Gasteiger partial charge in [0.25, 0.3) is 5.91 Å². The van der Waals surface area contributed by atoms with E-state index in [4.69, 9.17) is 0 Å². The van der Waals surface area contributed by atoms with Crippen LogP contribution in [0.2, 0.25) is 0 Å². The minimum absolute atomic E-state index is 0.0660. The van der Waals surface area contributed by atoms with Crippen LogP contribution in [0.5, 0.6) is 5.75 Å². The number of hydrogen-bond donors (Lipinski definition) is 1. The molecule has 0 spiro atoms. The summed E-state index contributed by atoms with van der Waals surface area (Å²) in [5.41, 5.74) is 1.05. The normalized spacial score (nSPS) is 15.3. The Balaban J connectivity index is 1.71. The zero-order valence-corrected chi connectivity index (χ0v) is 18.8. The van der Waals surface area contributed by atoms with Crippen molar-refractivity contribution in [3.05, 3.63) is 101 Å². The topological polar surface area (TPSA) is 41.6 Å². The summed E-state index contributed by atoms with van der Waals surface area (Å²) in [4.78, 5) is 14.7. The number of nitrogens with zero attached hydrogens (tertiary/aromatic N) is 1. The van der Waals surface area contributed by atoms with Gasteiger partial charge in [-0.3, -0.25) is 4.79 Å². The SMILES string of the molecule is C[C@@H](NC1=C(c2cccc(OC(F)(F)F)c2)CN(c2ccc(C(F)(F)F)cc2)C1=O)c1ccccc1. The van der Waals surface area contributed by atoms with Crippen LogP contribution < -0.4 is 15.0 Å². The second-order valence-corrected chi connectivity index (χ2v) is 8.14. The number of anilines is 1. The van der Waals surface area contributed by atoms with E-state index in [-0.39, 0.29) is 24.0 Å². The molecule has 0 saturated heterocycles. The van der Waals surface area contributed by atoms with Crippen LogP contribution in [0.1, 0.15) is 29.7 Å². The zero-order chi connectivity index (χ0) is 26.1. The molecule has 1 aliphatic rings. The molecule has 36 heavy (non-hydrogen) atoms. The van der Waals surface area contributed by atoms with Gasteiger partial charge in [-0.05, 0) is 54.4 Å². The summed E-state index contributed by atoms with van der Waals surface area (Å²) in [5, 5.41) is 3.14. The highest BCUT2D eigenvalue weighted by Gasteiger charge is 2.35. The van der Waals surface area contributed by atoms with Crippen LogP contribution in [0, 0.1) is 0 Å². The predicted octanol–water partition coefficient (Wildman–Crippen LogP) is 6.71. The van der Waals surface area contributed by atoms with Gasteiger partial charge >= 0.3 is 12.5 Å². The minimum atomic E-state index is -4.90. The first-order chi connectivity index (χ1) is 16.9. The van der Waals surface area contributed by atoms with Crippen LogP contribution in [0.4, 0.5) is 32.0 Å². The van der Waals surface area contributed by atoms with Gasteiger partial charge in [0, 0.05) is 17.3 Å². The molecule has 0 fully saturated rings. The fraction of sp³-hybridized carbons (Fsp3) is 0.192. The van der Waals surface area contributed by atoms with Gasteiger partial charge in [0.15, 0.2) is 0 Å². The molecular formula is C26H20F6N2O2. The molecule has 4 rings (SSSR count). The lowest BCUT2D eigenvalue weighted by Crippen LogP contribution is -2.31. The van der Waals surface area contributed by atoms with Crippen molar-refractivity contribution in [3.8, 4) is 5.75 Å². The Hall–Kier alpha value is -3.95. The molecule has 1 aliphatic heterocycles. The largest absolute Gasteiger partial charge is 0.573 e. The number of hydrogen-bond acceptors (Lipinski definition) is 3. The van der Waals surface area contributed by atoms with E-state index in [0.29, 0.717) is 11.1 Å². The summed E-state index contributed by atoms with van der Waals surface area (Å²) in [5.74, 6) is -0.974. The third-order valence-electron chi connectivity index (χ3n) is 5.66. The van der Waals surface area contributed by atoms with E-state index in [1.165, 1.54) is 35.2 Å². The summed E-state index contributed by atoms with van der Waals surface area (Å²) >= 11 is 0. The van der Waals surface area contributed by atoms with Crippen molar-refractivity contribution in [1.29, 1.82) is 0 Å². The average Bonchev–Trinajstić information content (AvgIpc) is 3.14. The van der Waals surface area contributed by atoms with Crippen LogP contribution in [0.3, 0.4) is 0 Å². The van der Waals surface area contributed by atoms with Gasteiger partial charge < -0.3 is 15.0 Å². The van der Waals surface area contributed by atoms with Gasteiger partial charge in [0.2, 0.25) is 0 Å². The number of carbonyl (C=O) groups excluding carboxylic acids is 1. The molecule has 1 N–H and O–H groups in total. The summed E-state index contributed by atoms with van der Waals surface area (Å²) in [6.07, 6.45) is -9.43. The van der Waals surface area contributed by atoms with Crippen molar-refractivity contribution in [1.82, 2.24) is 5.32 Å². The highest BCUT2D eigenvalue weighted by Crippen LogP contribution is 2.36. The number of halogens is 6. The maximum atomic E-state index is 13.4. The minimum Gasteiger partial charge on any atom is -0.406 e. The molecule has 0 radical (unpaired) electrons. The van der Waals surface area contributed by atoms with Crippen LogP contribution in [-0.4, -0.2) is 18.8 Å². The molecule has 0 saturated carbocycles. The molecule has 3 aromatic rings. The van der Waals surface area contributed by atoms with Crippen molar-refractivity contribution in [2.24, 2.45) is 0 Å². The van der Waals surface area contributed by atoms with Gasteiger partial charge in [-0.1, -0.05) is 42.5 Å². The first kappa shape index (κ1) is 25.2. The monoisotopic (exact) mass is 506 g/mol. The highest BCUT2D eigenvalue weighted by molar-refractivity contribution is 6.15. The van der Waals surface area contributed by atoms with Gasteiger partial charge in [-0.25, -0.2) is 0 Å². The van der Waals surface area contributed by atoms with Crippen LogP contribution >= 0.6 is 0 Å². The smallest absolute Gasteiger partial charge is 0.406 e. The second-order valence-electron chi connectivity index (χ2n) is 8.14. The van der Waals surface area contributed by atoms with Crippen molar-refractivity contribution < 1.29 is 35.9 Å². The second kappa shape index (κ2) is 9.60. The first-order valence-electron chi connectivity index (χ1n) is 10.8. The predicted molar refractivity (Wildman–Crippen MR) is 122 cm³/mol. The highest BCUT2D eigenvalue weighted by atomic mass is 19.4. The first-order valence-corrected chi connectivity index (χ1v) is 10.8. The lowest BCUT2D eigenvalue weighted by Gasteiger charge is -2.20. The molecule has 4 nitrogen and oxygen atoms in total. The quantitative estimate of drug-likeness (QED) is 0.378. The average molecular weight is 506 g/mol. The number of nitrogens with one attached hydrogen (secondary N) is 1. The molecule has 0 aromatic heterocycles. The summed E-state index contributed by atoms with van der Waals surface area (Å²) in [6, 6.07) is 18.2. The van der Waals surface area contributed by atoms with E-state index < -0.39 is 29.8 Å². The fourth-order valence-corrected chi connectivity index (χ4v) is 3.92. The third-order valence-corrected chi connectivity index (χ3v) is 5.66. The Morgan fingerprint density at radius 3 is 2.17 bits per heavy atom. The Morgan fingerprint density at radius 1 is 0.889 bits per heavy atom. The van der Waals surface area contributed by atoms with Crippen LogP contribution in [0.15, 0.2) is 84.6 Å². The van der Waals surface area contributed by atoms with Crippen LogP contribution in [0.25, 0.3) is 5.57 Å². The fourth-order valence-electron chi connectivity index (χ4n) is 3.92. The van der Waals surface area contributed by atoms with Crippen LogP contribution in [-0.2, 0) is 11.0 Å². The molecule has 188 valence electrons. The van der Waals surface area contributed by atoms with E-state index in [1.807, 2.05) is 37.3 Å². The Morgan fingerprint density at radius 2 is 1.56 bits per heavy atom. The number of amides is 1. The van der Waals surface area contributed by atoms with Gasteiger partial charge in [-0.2, -0.15) is 13.2 Å². The maximum absolute atomic E-state index is 13.4. The van der Waals surface area contributed by atoms with Crippen molar-refractivity contribution in [2.45, 2.75) is 25.5 Å². The van der Waals surface area contributed by atoms with Gasteiger partial charge in [0.1, 0.15) is 11.4 Å². The summed E-state index contributed by atoms with van der Waals surface area (Å²) < 4.78 is 81.3. The van der Waals surface area contributed by atoms with E-state index >= 15 is 0 Å². The zero-order valence-electron chi connectivity index (χ0n) is 18.8. The molecule has 1 amide bonds. The van der Waals surface area contributed by atoms with Crippen molar-refractivity contribution in [2.75, 3.05) is 11.4 Å². The molecule has 0 aliphatic carbocycles. The molecule has 10 heteroatoms. The lowest BCUT2D eigenvalue weighted by molar-refractivity contribution is -0.274. The maximum Gasteiger partial charge on any atom is 0.573 e. The number of benzene rings is 3. The summed E-state index contributed by atoms with van der Waals surface area (Å²) in [6.45, 7) is 1.75. The Kier molecular flexibility index (Phi) is 6.71. The standard InChI is InChI=1S/C26H20F6N2O2/c1-16(17-6-3-2-4-7-17)33-23-22(18-8-5-9-21(14-18)36-26(30,31)32)15-34(24(23)35)20-12-10-19(11-13-20)25(27,28)29/h2-14,16,33H,15H2,1H3/t16-/m1/s1. The van der Waals surface area contributed by atoms with E-state index in [0.717, 1.165) is 23.8 Å². The summed E-state index contributed by atoms with van der Waals surface area (Å²) in [7, 11) is 0. The van der Waals surface area contributed by atoms with Crippen molar-refractivity contribution >= 4 is 17.2 Å². The number of ether oxygens (including phenoxy) is 1.